The first-order chi connectivity index (χ1) is 28.0. The minimum absolute atomic E-state index is 0.127. The quantitative estimate of drug-likeness (QED) is 0.277. The van der Waals surface area contributed by atoms with Gasteiger partial charge in [-0.1, -0.05) is 0 Å². The first-order valence-corrected chi connectivity index (χ1v) is 20.1. The van der Waals surface area contributed by atoms with Crippen molar-refractivity contribution in [3.8, 4) is 0 Å². The lowest BCUT2D eigenvalue weighted by atomic mass is 10.2. The predicted molar refractivity (Wildman–Crippen MR) is 221 cm³/mol. The molecule has 0 aromatic carbocycles. The Kier molecular flexibility index (Phi) is 10.5. The molecule has 298 valence electrons. The van der Waals surface area contributed by atoms with E-state index in [9.17, 15) is 9.59 Å². The summed E-state index contributed by atoms with van der Waals surface area (Å²) in [5, 5.41) is 9.23. The smallest absolute Gasteiger partial charge is 0.329 e. The number of pyridine rings is 2. The highest BCUT2D eigenvalue weighted by Gasteiger charge is 2.42. The van der Waals surface area contributed by atoms with Gasteiger partial charge >= 0.3 is 12.1 Å². The van der Waals surface area contributed by atoms with Gasteiger partial charge < -0.3 is 29.8 Å². The number of fused-ring (bicyclic) bond motifs is 8. The fourth-order valence-corrected chi connectivity index (χ4v) is 8.69. The Bertz CT molecular complexity index is 2030. The number of hydrogen-bond acceptors (Lipinski definition) is 14. The molecule has 57 heavy (non-hydrogen) atoms. The van der Waals surface area contributed by atoms with Crippen LogP contribution in [0.2, 0.25) is 0 Å². The molecule has 18 heteroatoms. The molecule has 0 radical (unpaired) electrons. The van der Waals surface area contributed by atoms with Crippen LogP contribution in [-0.4, -0.2) is 145 Å². The summed E-state index contributed by atoms with van der Waals surface area (Å²) in [7, 11) is 2.16. The average Bonchev–Trinajstić information content (AvgIpc) is 3.64. The highest BCUT2D eigenvalue weighted by molar-refractivity contribution is 6.05. The second kappa shape index (κ2) is 16.3. The molecule has 4 aromatic heterocycles. The molecule has 2 atom stereocenters. The van der Waals surface area contributed by atoms with E-state index in [1.54, 1.807) is 24.5 Å². The summed E-state index contributed by atoms with van der Waals surface area (Å²) in [5.74, 6) is 4.37. The van der Waals surface area contributed by atoms with Gasteiger partial charge in [-0.25, -0.2) is 39.5 Å². The summed E-state index contributed by atoms with van der Waals surface area (Å²) in [4.78, 5) is 67.6. The number of hydrogen-bond donors (Lipinski definition) is 3. The van der Waals surface area contributed by atoms with Gasteiger partial charge in [0.15, 0.2) is 11.6 Å². The summed E-state index contributed by atoms with van der Waals surface area (Å²) in [6.45, 7) is 11.5. The lowest BCUT2D eigenvalue weighted by Crippen LogP contribution is -2.48. The van der Waals surface area contributed by atoms with E-state index in [4.69, 9.17) is 9.97 Å². The van der Waals surface area contributed by atoms with Crippen molar-refractivity contribution in [2.75, 3.05) is 126 Å². The molecule has 0 aliphatic carbocycles. The van der Waals surface area contributed by atoms with Crippen molar-refractivity contribution in [2.45, 2.75) is 37.8 Å². The van der Waals surface area contributed by atoms with Gasteiger partial charge in [-0.05, 0) is 82.2 Å². The number of likely N-dealkylation sites (N-methyl/N-ethyl adjacent to an activating group) is 1. The standard InChI is InChI=1S/C20H26N8O.C19H24N8O/c1-25-8-2-9-26(12-11-25)18-4-3-16-19(24-18)28(15-6-10-27(16)13-15)20(29)23-17-5-7-21-14-22-17;28-19(23-16-4-7-21-13-22-16)27-14-5-10-26(12-14)15-2-3-17(24-18(15)27)25-9-1-6-20-8-11-25/h3-5,7,14-15H,2,6,8-13H2,1H3,(H,21,22,23,29);2-4,7,13-14,20H,1,5-6,8-12H2,(H,21,22,23,28)/t15-;14-/m00/s1. The largest absolute Gasteiger partial charge is 0.366 e. The molecular weight excluding hydrogens is 725 g/mol. The molecule has 6 aliphatic heterocycles. The van der Waals surface area contributed by atoms with Crippen LogP contribution in [0.25, 0.3) is 0 Å². The first-order valence-electron chi connectivity index (χ1n) is 20.1. The summed E-state index contributed by atoms with van der Waals surface area (Å²) < 4.78 is 0. The van der Waals surface area contributed by atoms with E-state index in [0.717, 1.165) is 139 Å². The Labute approximate surface area is 332 Å². The molecule has 4 fully saturated rings. The molecule has 3 N–H and O–H groups in total. The number of carbonyl (C=O) groups is 2. The van der Waals surface area contributed by atoms with Crippen molar-refractivity contribution in [1.82, 2.24) is 40.1 Å². The fraction of sp³-hybridized carbons (Fsp3) is 0.487. The molecule has 4 aromatic rings. The lowest BCUT2D eigenvalue weighted by Gasteiger charge is -2.36. The summed E-state index contributed by atoms with van der Waals surface area (Å²) in [5.41, 5.74) is 2.07. The number of carbonyl (C=O) groups excluding carboxylic acids is 2. The minimum atomic E-state index is -0.186. The maximum atomic E-state index is 13.2. The van der Waals surface area contributed by atoms with Crippen molar-refractivity contribution in [2.24, 2.45) is 0 Å². The van der Waals surface area contributed by atoms with Gasteiger partial charge in [0.1, 0.15) is 35.9 Å². The van der Waals surface area contributed by atoms with Gasteiger partial charge in [-0.15, -0.1) is 0 Å². The number of amides is 4. The highest BCUT2D eigenvalue weighted by atomic mass is 16.2. The van der Waals surface area contributed by atoms with E-state index < -0.39 is 0 Å². The van der Waals surface area contributed by atoms with Gasteiger partial charge in [-0.2, -0.15) is 0 Å². The van der Waals surface area contributed by atoms with Crippen LogP contribution in [0, 0.1) is 0 Å². The van der Waals surface area contributed by atoms with Crippen LogP contribution in [0.3, 0.4) is 0 Å². The summed E-state index contributed by atoms with van der Waals surface area (Å²) >= 11 is 0. The number of urea groups is 2. The van der Waals surface area contributed by atoms with Crippen LogP contribution in [0.5, 0.6) is 0 Å². The van der Waals surface area contributed by atoms with Crippen molar-refractivity contribution >= 4 is 58.3 Å². The molecule has 4 amide bonds. The van der Waals surface area contributed by atoms with Gasteiger partial charge in [0.05, 0.1) is 23.5 Å². The Morgan fingerprint density at radius 1 is 0.614 bits per heavy atom. The zero-order valence-electron chi connectivity index (χ0n) is 32.4. The van der Waals surface area contributed by atoms with Gasteiger partial charge in [-0.3, -0.25) is 20.4 Å². The van der Waals surface area contributed by atoms with Crippen LogP contribution < -0.4 is 45.3 Å². The van der Waals surface area contributed by atoms with E-state index in [1.165, 1.54) is 12.7 Å². The molecule has 10 heterocycles. The minimum Gasteiger partial charge on any atom is -0.366 e. The van der Waals surface area contributed by atoms with Crippen LogP contribution in [0.4, 0.5) is 55.9 Å². The molecule has 0 saturated carbocycles. The zero-order chi connectivity index (χ0) is 38.7. The Balaban J connectivity index is 0.000000148. The lowest BCUT2D eigenvalue weighted by molar-refractivity contribution is 0.254. The second-order valence-electron chi connectivity index (χ2n) is 15.3. The van der Waals surface area contributed by atoms with Crippen LogP contribution in [0.15, 0.2) is 61.4 Å². The first kappa shape index (κ1) is 36.7. The SMILES string of the molecule is CN1CCCN(c2ccc3c(n2)N(C(=O)Nc2ccncn2)[C@H]2CCN3C2)CC1.O=C(Nc1ccncn1)N1c2nc(N3CCCNCC3)ccc2N2CC[C@H]1C2. The third kappa shape index (κ3) is 7.78. The Hall–Kier alpha value is -5.88. The number of nitrogens with one attached hydrogen (secondary N) is 3. The van der Waals surface area contributed by atoms with Crippen molar-refractivity contribution in [3.63, 3.8) is 0 Å². The molecule has 4 saturated heterocycles. The van der Waals surface area contributed by atoms with Crippen LogP contribution in [0.1, 0.15) is 25.7 Å². The molecule has 4 bridgehead atoms. The molecule has 0 unspecified atom stereocenters. The zero-order valence-corrected chi connectivity index (χ0v) is 32.4. The number of aromatic nitrogens is 6. The second-order valence-corrected chi connectivity index (χ2v) is 15.3. The topological polar surface area (TPSA) is 170 Å². The van der Waals surface area contributed by atoms with Crippen molar-refractivity contribution in [1.29, 1.82) is 0 Å². The summed E-state index contributed by atoms with van der Waals surface area (Å²) in [6, 6.07) is 11.7. The third-order valence-electron chi connectivity index (χ3n) is 11.7. The molecule has 10 rings (SSSR count). The van der Waals surface area contributed by atoms with E-state index >= 15 is 0 Å². The van der Waals surface area contributed by atoms with E-state index in [0.29, 0.717) is 11.6 Å². The van der Waals surface area contributed by atoms with Crippen molar-refractivity contribution < 1.29 is 9.59 Å². The predicted octanol–water partition coefficient (Wildman–Crippen LogP) is 2.95. The monoisotopic (exact) mass is 774 g/mol. The molecule has 0 spiro atoms. The van der Waals surface area contributed by atoms with Crippen LogP contribution in [-0.2, 0) is 0 Å². The fourth-order valence-electron chi connectivity index (χ4n) is 8.69. The maximum Gasteiger partial charge on any atom is 0.329 e. The van der Waals surface area contributed by atoms with Gasteiger partial charge in [0.25, 0.3) is 0 Å². The van der Waals surface area contributed by atoms with Crippen LogP contribution >= 0.6 is 0 Å². The van der Waals surface area contributed by atoms with Crippen molar-refractivity contribution in [3.05, 3.63) is 61.4 Å². The third-order valence-corrected chi connectivity index (χ3v) is 11.7. The highest BCUT2D eigenvalue weighted by Crippen LogP contribution is 2.41. The normalized spacial score (nSPS) is 21.5. The Morgan fingerprint density at radius 3 is 1.74 bits per heavy atom. The van der Waals surface area contributed by atoms with Gasteiger partial charge in [0, 0.05) is 77.8 Å². The number of rotatable bonds is 4. The average molecular weight is 775 g/mol. The molecule has 18 nitrogen and oxygen atoms in total. The summed E-state index contributed by atoms with van der Waals surface area (Å²) in [6.07, 6.45) is 10.2. The number of nitrogens with zero attached hydrogens (tertiary/aromatic N) is 13. The Morgan fingerprint density at radius 2 is 1.18 bits per heavy atom. The molecule has 6 aliphatic rings. The number of anilines is 8. The van der Waals surface area contributed by atoms with E-state index in [-0.39, 0.29) is 24.1 Å². The van der Waals surface area contributed by atoms with E-state index in [1.807, 2.05) is 9.80 Å². The molecular formula is C39H50N16O2. The van der Waals surface area contributed by atoms with E-state index in [2.05, 4.69) is 91.7 Å². The maximum absolute atomic E-state index is 13.2. The van der Waals surface area contributed by atoms with Gasteiger partial charge in [0.2, 0.25) is 0 Å².